The van der Waals surface area contributed by atoms with Crippen molar-refractivity contribution in [1.82, 2.24) is 4.31 Å². The number of hydrogen-bond donors (Lipinski definition) is 1. The first kappa shape index (κ1) is 17.7. The molecule has 1 aliphatic heterocycles. The van der Waals surface area contributed by atoms with Crippen LogP contribution in [0.3, 0.4) is 0 Å². The van der Waals surface area contributed by atoms with Crippen LogP contribution in [0, 0.1) is 5.92 Å². The van der Waals surface area contributed by atoms with E-state index in [4.69, 9.17) is 17.3 Å². The zero-order valence-corrected chi connectivity index (χ0v) is 13.6. The molecule has 20 heavy (non-hydrogen) atoms. The number of nitrogens with two attached hydrogens (primary N) is 1. The van der Waals surface area contributed by atoms with E-state index in [-0.39, 0.29) is 22.3 Å². The summed E-state index contributed by atoms with van der Waals surface area (Å²) in [5.41, 5.74) is 5.56. The van der Waals surface area contributed by atoms with Gasteiger partial charge >= 0.3 is 0 Å². The van der Waals surface area contributed by atoms with Crippen molar-refractivity contribution in [2.75, 3.05) is 19.6 Å². The molecule has 0 amide bonds. The molecule has 1 saturated heterocycles. The quantitative estimate of drug-likeness (QED) is 0.917. The van der Waals surface area contributed by atoms with Gasteiger partial charge in [-0.1, -0.05) is 23.7 Å². The fraction of sp³-hybridized carbons (Fsp3) is 0.538. The summed E-state index contributed by atoms with van der Waals surface area (Å²) in [6, 6.07) is 6.59. The van der Waals surface area contributed by atoms with Crippen LogP contribution in [0.4, 0.5) is 0 Å². The highest BCUT2D eigenvalue weighted by atomic mass is 35.5. The van der Waals surface area contributed by atoms with Crippen molar-refractivity contribution in [3.05, 3.63) is 29.3 Å². The molecular formula is C13H20Cl2N2O2S. The highest BCUT2D eigenvalue weighted by Gasteiger charge is 2.31. The monoisotopic (exact) mass is 338 g/mol. The summed E-state index contributed by atoms with van der Waals surface area (Å²) in [5.74, 6) is 0.357. The second-order valence-corrected chi connectivity index (χ2v) is 7.19. The molecule has 1 aliphatic rings. The van der Waals surface area contributed by atoms with Gasteiger partial charge in [0.25, 0.3) is 0 Å². The number of nitrogens with zero attached hydrogens (tertiary/aromatic N) is 1. The number of rotatable bonds is 4. The standard InChI is InChI=1S/C13H19ClN2O2S.ClH/c14-12-5-1-2-6-13(12)19(17,18)16-9-3-4-11(10-16)7-8-15;/h1-2,5-6,11H,3-4,7-10,15H2;1H. The van der Waals surface area contributed by atoms with E-state index in [1.165, 1.54) is 4.31 Å². The molecule has 0 bridgehead atoms. The SMILES string of the molecule is Cl.NCCC1CCCN(S(=O)(=O)c2ccccc2Cl)C1. The maximum absolute atomic E-state index is 12.6. The van der Waals surface area contributed by atoms with Crippen molar-refractivity contribution in [3.8, 4) is 0 Å². The summed E-state index contributed by atoms with van der Waals surface area (Å²) >= 11 is 6.00. The molecule has 0 spiro atoms. The summed E-state index contributed by atoms with van der Waals surface area (Å²) in [7, 11) is -3.48. The molecule has 1 heterocycles. The first-order chi connectivity index (χ1) is 9.05. The summed E-state index contributed by atoms with van der Waals surface area (Å²) < 4.78 is 26.7. The Kier molecular flexibility index (Phi) is 6.75. The van der Waals surface area contributed by atoms with Crippen molar-refractivity contribution in [2.45, 2.75) is 24.2 Å². The third-order valence-corrected chi connectivity index (χ3v) is 5.88. The molecule has 2 rings (SSSR count). The minimum Gasteiger partial charge on any atom is -0.330 e. The van der Waals surface area contributed by atoms with Crippen LogP contribution in [0.1, 0.15) is 19.3 Å². The van der Waals surface area contributed by atoms with Gasteiger partial charge in [-0.25, -0.2) is 8.42 Å². The van der Waals surface area contributed by atoms with E-state index in [0.717, 1.165) is 19.3 Å². The lowest BCUT2D eigenvalue weighted by Crippen LogP contribution is -2.40. The van der Waals surface area contributed by atoms with E-state index in [1.54, 1.807) is 24.3 Å². The van der Waals surface area contributed by atoms with Gasteiger partial charge in [-0.3, -0.25) is 0 Å². The number of benzene rings is 1. The van der Waals surface area contributed by atoms with Gasteiger partial charge in [0.2, 0.25) is 10.0 Å². The van der Waals surface area contributed by atoms with Crippen LogP contribution in [0.2, 0.25) is 5.02 Å². The predicted molar refractivity (Wildman–Crippen MR) is 83.9 cm³/mol. The fourth-order valence-electron chi connectivity index (χ4n) is 2.51. The summed E-state index contributed by atoms with van der Waals surface area (Å²) in [6.45, 7) is 1.71. The summed E-state index contributed by atoms with van der Waals surface area (Å²) in [6.07, 6.45) is 2.80. The van der Waals surface area contributed by atoms with E-state index in [1.807, 2.05) is 0 Å². The van der Waals surface area contributed by atoms with Crippen LogP contribution >= 0.6 is 24.0 Å². The van der Waals surface area contributed by atoms with Crippen molar-refractivity contribution < 1.29 is 8.42 Å². The third kappa shape index (κ3) is 3.86. The fourth-order valence-corrected chi connectivity index (χ4v) is 4.56. The van der Waals surface area contributed by atoms with Crippen molar-refractivity contribution in [2.24, 2.45) is 11.7 Å². The topological polar surface area (TPSA) is 63.4 Å². The molecule has 114 valence electrons. The Labute approximate surface area is 131 Å². The zero-order valence-electron chi connectivity index (χ0n) is 11.2. The van der Waals surface area contributed by atoms with Crippen molar-refractivity contribution in [1.29, 1.82) is 0 Å². The Morgan fingerprint density at radius 3 is 2.70 bits per heavy atom. The van der Waals surface area contributed by atoms with Crippen LogP contribution in [0.15, 0.2) is 29.2 Å². The largest absolute Gasteiger partial charge is 0.330 e. The van der Waals surface area contributed by atoms with E-state index < -0.39 is 10.0 Å². The van der Waals surface area contributed by atoms with Gasteiger partial charge in [0, 0.05) is 13.1 Å². The van der Waals surface area contributed by atoms with Crippen LogP contribution in [0.25, 0.3) is 0 Å². The molecule has 4 nitrogen and oxygen atoms in total. The highest BCUT2D eigenvalue weighted by Crippen LogP contribution is 2.28. The highest BCUT2D eigenvalue weighted by molar-refractivity contribution is 7.89. The van der Waals surface area contributed by atoms with Gasteiger partial charge < -0.3 is 5.73 Å². The van der Waals surface area contributed by atoms with E-state index in [0.29, 0.717) is 25.6 Å². The molecule has 7 heteroatoms. The number of sulfonamides is 1. The molecule has 0 aliphatic carbocycles. The average Bonchev–Trinajstić information content (AvgIpc) is 2.40. The molecule has 1 fully saturated rings. The maximum atomic E-state index is 12.6. The minimum atomic E-state index is -3.48. The Balaban J connectivity index is 0.00000200. The van der Waals surface area contributed by atoms with Gasteiger partial charge in [0.15, 0.2) is 0 Å². The summed E-state index contributed by atoms with van der Waals surface area (Å²) in [4.78, 5) is 0.199. The minimum absolute atomic E-state index is 0. The normalized spacial score (nSPS) is 20.4. The number of halogens is 2. The molecular weight excluding hydrogens is 319 g/mol. The van der Waals surface area contributed by atoms with Gasteiger partial charge in [-0.2, -0.15) is 4.31 Å². The molecule has 1 atom stereocenters. The number of hydrogen-bond acceptors (Lipinski definition) is 3. The maximum Gasteiger partial charge on any atom is 0.244 e. The van der Waals surface area contributed by atoms with E-state index in [2.05, 4.69) is 0 Å². The summed E-state index contributed by atoms with van der Waals surface area (Å²) in [5, 5.41) is 0.281. The average molecular weight is 339 g/mol. The lowest BCUT2D eigenvalue weighted by Gasteiger charge is -2.32. The molecule has 0 radical (unpaired) electrons. The Hall–Kier alpha value is -0.330. The van der Waals surface area contributed by atoms with Crippen molar-refractivity contribution in [3.63, 3.8) is 0 Å². The predicted octanol–water partition coefficient (Wildman–Crippen LogP) is 2.51. The van der Waals surface area contributed by atoms with Gasteiger partial charge in [-0.05, 0) is 43.9 Å². The van der Waals surface area contributed by atoms with Crippen molar-refractivity contribution >= 4 is 34.0 Å². The van der Waals surface area contributed by atoms with E-state index >= 15 is 0 Å². The van der Waals surface area contributed by atoms with Crippen LogP contribution in [-0.2, 0) is 10.0 Å². The lowest BCUT2D eigenvalue weighted by molar-refractivity contribution is 0.258. The van der Waals surface area contributed by atoms with E-state index in [9.17, 15) is 8.42 Å². The van der Waals surface area contributed by atoms with Crippen LogP contribution in [0.5, 0.6) is 0 Å². The first-order valence-electron chi connectivity index (χ1n) is 6.50. The third-order valence-electron chi connectivity index (χ3n) is 3.51. The second kappa shape index (κ2) is 7.61. The van der Waals surface area contributed by atoms with Gasteiger partial charge in [-0.15, -0.1) is 12.4 Å². The van der Waals surface area contributed by atoms with Gasteiger partial charge in [0.05, 0.1) is 5.02 Å². The molecule has 1 unspecified atom stereocenters. The van der Waals surface area contributed by atoms with Crippen LogP contribution in [-0.4, -0.2) is 32.4 Å². The second-order valence-electron chi connectivity index (χ2n) is 4.88. The zero-order chi connectivity index (χ0) is 13.9. The Morgan fingerprint density at radius 2 is 2.05 bits per heavy atom. The Morgan fingerprint density at radius 1 is 1.35 bits per heavy atom. The van der Waals surface area contributed by atoms with Crippen LogP contribution < -0.4 is 5.73 Å². The van der Waals surface area contributed by atoms with Gasteiger partial charge in [0.1, 0.15) is 4.90 Å². The molecule has 0 saturated carbocycles. The first-order valence-corrected chi connectivity index (χ1v) is 8.32. The molecule has 0 aromatic heterocycles. The number of piperidine rings is 1. The molecule has 2 N–H and O–H groups in total. The Bertz CT molecular complexity index is 535. The molecule has 1 aromatic rings. The lowest BCUT2D eigenvalue weighted by atomic mass is 9.96. The molecule has 1 aromatic carbocycles. The smallest absolute Gasteiger partial charge is 0.244 e.